The van der Waals surface area contributed by atoms with Gasteiger partial charge in [-0.25, -0.2) is 0 Å². The Morgan fingerprint density at radius 3 is 2.56 bits per heavy atom. The van der Waals surface area contributed by atoms with Crippen molar-refractivity contribution in [2.75, 3.05) is 0 Å². The summed E-state index contributed by atoms with van der Waals surface area (Å²) in [5.74, 6) is 1.42. The Bertz CT molecular complexity index is 368. The first-order chi connectivity index (χ1) is 8.35. The Balaban J connectivity index is 1.83. The summed E-state index contributed by atoms with van der Waals surface area (Å²) in [5, 5.41) is 19.9. The number of ether oxygens (including phenoxy) is 1. The summed E-state index contributed by atoms with van der Waals surface area (Å²) in [7, 11) is 0. The first kappa shape index (κ1) is 12.6. The molecule has 3 aliphatic rings. The van der Waals surface area contributed by atoms with Crippen molar-refractivity contribution >= 4 is 0 Å². The van der Waals surface area contributed by atoms with Crippen molar-refractivity contribution in [2.24, 2.45) is 17.8 Å². The van der Waals surface area contributed by atoms with E-state index in [1.807, 2.05) is 0 Å². The van der Waals surface area contributed by atoms with E-state index in [0.29, 0.717) is 24.2 Å². The van der Waals surface area contributed by atoms with Crippen molar-refractivity contribution < 1.29 is 14.9 Å². The SMILES string of the molecule is CC(C)(C)O[C@H]1[C@@H]2C3=C[C@H]1CC2C[C@@H](O)[C@@H](O)C3. The Morgan fingerprint density at radius 1 is 1.17 bits per heavy atom. The maximum atomic E-state index is 9.94. The van der Waals surface area contributed by atoms with Crippen molar-refractivity contribution in [1.82, 2.24) is 0 Å². The van der Waals surface area contributed by atoms with E-state index in [0.717, 1.165) is 12.8 Å². The Hall–Kier alpha value is -0.380. The quantitative estimate of drug-likeness (QED) is 0.701. The van der Waals surface area contributed by atoms with Gasteiger partial charge in [0.1, 0.15) is 0 Å². The van der Waals surface area contributed by atoms with Crippen LogP contribution < -0.4 is 0 Å². The van der Waals surface area contributed by atoms with Gasteiger partial charge in [0, 0.05) is 11.8 Å². The average molecular weight is 252 g/mol. The highest BCUT2D eigenvalue weighted by atomic mass is 16.5. The van der Waals surface area contributed by atoms with E-state index < -0.39 is 12.2 Å². The van der Waals surface area contributed by atoms with Gasteiger partial charge in [-0.3, -0.25) is 0 Å². The number of aliphatic hydroxyl groups is 2. The van der Waals surface area contributed by atoms with Gasteiger partial charge >= 0.3 is 0 Å². The maximum absolute atomic E-state index is 9.94. The monoisotopic (exact) mass is 252 g/mol. The zero-order valence-corrected chi connectivity index (χ0v) is 11.5. The third kappa shape index (κ3) is 2.02. The third-order valence-electron chi connectivity index (χ3n) is 4.64. The van der Waals surface area contributed by atoms with E-state index in [1.165, 1.54) is 5.57 Å². The van der Waals surface area contributed by atoms with Gasteiger partial charge in [-0.05, 0) is 46.0 Å². The molecular weight excluding hydrogens is 228 g/mol. The van der Waals surface area contributed by atoms with Gasteiger partial charge in [-0.1, -0.05) is 11.6 Å². The summed E-state index contributed by atoms with van der Waals surface area (Å²) >= 11 is 0. The highest BCUT2D eigenvalue weighted by Crippen LogP contribution is 2.54. The van der Waals surface area contributed by atoms with E-state index in [-0.39, 0.29) is 11.7 Å². The van der Waals surface area contributed by atoms with Crippen molar-refractivity contribution in [3.05, 3.63) is 11.6 Å². The molecule has 0 aromatic rings. The number of fused-ring (bicyclic) bond motifs is 1. The van der Waals surface area contributed by atoms with Crippen LogP contribution in [0.1, 0.15) is 40.0 Å². The van der Waals surface area contributed by atoms with Gasteiger partial charge in [0.05, 0.1) is 23.9 Å². The minimum atomic E-state index is -0.587. The van der Waals surface area contributed by atoms with Crippen molar-refractivity contribution in [3.8, 4) is 0 Å². The standard InChI is InChI=1S/C15H24O3/c1-15(2,3)18-14-10-4-8-6-11(16)12(17)7-9(5-10)13(8)14/h4,9-14,16-17H,5-7H2,1-3H3/t9?,10-,11-,12+,13+,14+/m0/s1. The lowest BCUT2D eigenvalue weighted by Crippen LogP contribution is -2.32. The zero-order valence-electron chi connectivity index (χ0n) is 11.5. The molecule has 102 valence electrons. The summed E-state index contributed by atoms with van der Waals surface area (Å²) in [6.45, 7) is 6.30. The van der Waals surface area contributed by atoms with Crippen molar-refractivity contribution in [1.29, 1.82) is 0 Å². The number of hydrogen-bond donors (Lipinski definition) is 2. The summed E-state index contributed by atoms with van der Waals surface area (Å²) in [4.78, 5) is 0. The first-order valence-corrected chi connectivity index (χ1v) is 7.10. The van der Waals surface area contributed by atoms with Crippen LogP contribution in [-0.4, -0.2) is 34.1 Å². The van der Waals surface area contributed by atoms with Crippen LogP contribution in [0.2, 0.25) is 0 Å². The summed E-state index contributed by atoms with van der Waals surface area (Å²) < 4.78 is 6.23. The molecular formula is C15H24O3. The Labute approximate surface area is 109 Å². The van der Waals surface area contributed by atoms with E-state index in [1.54, 1.807) is 0 Å². The van der Waals surface area contributed by atoms with Crippen LogP contribution in [-0.2, 0) is 4.74 Å². The molecule has 2 fully saturated rings. The van der Waals surface area contributed by atoms with Crippen LogP contribution in [0, 0.1) is 17.8 Å². The molecule has 2 saturated carbocycles. The molecule has 0 heterocycles. The van der Waals surface area contributed by atoms with E-state index in [2.05, 4.69) is 26.8 Å². The van der Waals surface area contributed by atoms with Gasteiger partial charge < -0.3 is 14.9 Å². The molecule has 0 amide bonds. The molecule has 0 aliphatic heterocycles. The molecule has 0 radical (unpaired) electrons. The van der Waals surface area contributed by atoms with Gasteiger partial charge in [0.2, 0.25) is 0 Å². The van der Waals surface area contributed by atoms with Gasteiger partial charge in [0.25, 0.3) is 0 Å². The van der Waals surface area contributed by atoms with Gasteiger partial charge in [-0.2, -0.15) is 0 Å². The second-order valence-corrected chi connectivity index (χ2v) is 7.20. The summed E-state index contributed by atoms with van der Waals surface area (Å²) in [6, 6.07) is 0. The molecule has 18 heavy (non-hydrogen) atoms. The van der Waals surface area contributed by atoms with E-state index in [4.69, 9.17) is 4.74 Å². The number of hydrogen-bond acceptors (Lipinski definition) is 3. The minimum absolute atomic E-state index is 0.120. The second-order valence-electron chi connectivity index (χ2n) is 7.20. The smallest absolute Gasteiger partial charge is 0.0836 e. The molecule has 2 N–H and O–H groups in total. The van der Waals surface area contributed by atoms with Gasteiger partial charge in [-0.15, -0.1) is 0 Å². The first-order valence-electron chi connectivity index (χ1n) is 7.10. The van der Waals surface area contributed by atoms with Crippen LogP contribution in [0.4, 0.5) is 0 Å². The topological polar surface area (TPSA) is 49.7 Å². The molecule has 3 nitrogen and oxygen atoms in total. The summed E-state index contributed by atoms with van der Waals surface area (Å²) in [5.41, 5.74) is 1.21. The lowest BCUT2D eigenvalue weighted by Gasteiger charge is -2.29. The van der Waals surface area contributed by atoms with Crippen LogP contribution in [0.3, 0.4) is 0 Å². The largest absolute Gasteiger partial charge is 0.390 e. The van der Waals surface area contributed by atoms with Crippen LogP contribution >= 0.6 is 0 Å². The normalized spacial score (nSPS) is 47.1. The summed E-state index contributed by atoms with van der Waals surface area (Å²) in [6.07, 6.45) is 3.89. The van der Waals surface area contributed by atoms with Crippen LogP contribution in [0.25, 0.3) is 0 Å². The predicted molar refractivity (Wildman–Crippen MR) is 69.0 cm³/mol. The van der Waals surface area contributed by atoms with E-state index >= 15 is 0 Å². The molecule has 2 bridgehead atoms. The fourth-order valence-corrected chi connectivity index (χ4v) is 4.09. The predicted octanol–water partition coefficient (Wildman–Crippen LogP) is 1.88. The molecule has 3 aliphatic carbocycles. The van der Waals surface area contributed by atoms with Crippen molar-refractivity contribution in [2.45, 2.75) is 63.9 Å². The van der Waals surface area contributed by atoms with E-state index in [9.17, 15) is 10.2 Å². The fraction of sp³-hybridized carbons (Fsp3) is 0.867. The zero-order chi connectivity index (χ0) is 13.1. The molecule has 0 spiro atoms. The van der Waals surface area contributed by atoms with Crippen LogP contribution in [0.5, 0.6) is 0 Å². The highest BCUT2D eigenvalue weighted by molar-refractivity contribution is 5.28. The molecule has 3 heteroatoms. The average Bonchev–Trinajstić information content (AvgIpc) is 2.66. The molecule has 6 atom stereocenters. The lowest BCUT2D eigenvalue weighted by molar-refractivity contribution is -0.0790. The van der Waals surface area contributed by atoms with Gasteiger partial charge in [0.15, 0.2) is 0 Å². The molecule has 3 rings (SSSR count). The van der Waals surface area contributed by atoms with Crippen LogP contribution in [0.15, 0.2) is 11.6 Å². The Morgan fingerprint density at radius 2 is 1.89 bits per heavy atom. The lowest BCUT2D eigenvalue weighted by atomic mass is 9.85. The third-order valence-corrected chi connectivity index (χ3v) is 4.64. The molecule has 1 unspecified atom stereocenters. The number of aliphatic hydroxyl groups excluding tert-OH is 2. The maximum Gasteiger partial charge on any atom is 0.0836 e. The minimum Gasteiger partial charge on any atom is -0.390 e. The molecule has 0 aromatic carbocycles. The second kappa shape index (κ2) is 4.06. The highest BCUT2D eigenvalue weighted by Gasteiger charge is 2.52. The number of rotatable bonds is 1. The fourth-order valence-electron chi connectivity index (χ4n) is 4.09. The Kier molecular flexibility index (Phi) is 2.85. The molecule has 0 saturated heterocycles. The molecule has 0 aromatic heterocycles. The van der Waals surface area contributed by atoms with Crippen molar-refractivity contribution in [3.63, 3.8) is 0 Å².